The second-order valence-electron chi connectivity index (χ2n) is 7.46. The Morgan fingerprint density at radius 3 is 2.59 bits per heavy atom. The van der Waals surface area contributed by atoms with Gasteiger partial charge in [-0.3, -0.25) is 9.59 Å². The van der Waals surface area contributed by atoms with Crippen molar-refractivity contribution in [3.8, 4) is 0 Å². The van der Waals surface area contributed by atoms with E-state index in [0.29, 0.717) is 5.92 Å². The van der Waals surface area contributed by atoms with E-state index < -0.39 is 5.97 Å². The Bertz CT molecular complexity index is 630. The molecular weight excluding hydrogens is 336 g/mol. The molecule has 0 saturated heterocycles. The Kier molecular flexibility index (Phi) is 9.61. The van der Waals surface area contributed by atoms with Gasteiger partial charge in [-0.25, -0.2) is 0 Å². The van der Waals surface area contributed by atoms with Crippen LogP contribution in [0.2, 0.25) is 0 Å². The van der Waals surface area contributed by atoms with Crippen LogP contribution in [0.3, 0.4) is 0 Å². The molecule has 3 heteroatoms. The van der Waals surface area contributed by atoms with Crippen LogP contribution in [-0.2, 0) is 16.0 Å². The van der Waals surface area contributed by atoms with Gasteiger partial charge in [-0.2, -0.15) is 0 Å². The summed E-state index contributed by atoms with van der Waals surface area (Å²) >= 11 is 0. The third-order valence-corrected chi connectivity index (χ3v) is 5.30. The van der Waals surface area contributed by atoms with Gasteiger partial charge in [-0.1, -0.05) is 61.4 Å². The van der Waals surface area contributed by atoms with E-state index in [1.54, 1.807) is 6.08 Å². The molecule has 0 spiro atoms. The van der Waals surface area contributed by atoms with Gasteiger partial charge in [0.15, 0.2) is 5.78 Å². The number of carbonyl (C=O) groups is 2. The minimum atomic E-state index is -0.729. The molecule has 0 radical (unpaired) electrons. The maximum absolute atomic E-state index is 12.1. The van der Waals surface area contributed by atoms with Crippen molar-refractivity contribution < 1.29 is 14.7 Å². The van der Waals surface area contributed by atoms with Crippen molar-refractivity contribution in [1.82, 2.24) is 0 Å². The summed E-state index contributed by atoms with van der Waals surface area (Å²) in [5.74, 6) is 0.0216. The van der Waals surface area contributed by atoms with Crippen LogP contribution in [0.5, 0.6) is 0 Å². The summed E-state index contributed by atoms with van der Waals surface area (Å²) in [4.78, 5) is 22.6. The van der Waals surface area contributed by atoms with E-state index in [0.717, 1.165) is 38.5 Å². The highest BCUT2D eigenvalue weighted by molar-refractivity contribution is 5.94. The van der Waals surface area contributed by atoms with Gasteiger partial charge in [0.1, 0.15) is 0 Å². The van der Waals surface area contributed by atoms with Crippen molar-refractivity contribution in [1.29, 1.82) is 0 Å². The molecule has 27 heavy (non-hydrogen) atoms. The molecule has 3 nitrogen and oxygen atoms in total. The minimum absolute atomic E-state index is 0.106. The number of ketones is 1. The number of carboxylic acids is 1. The summed E-state index contributed by atoms with van der Waals surface area (Å²) < 4.78 is 0. The number of carboxylic acid groups (broad SMARTS) is 1. The summed E-state index contributed by atoms with van der Waals surface area (Å²) in [5, 5.41) is 8.62. The normalized spacial score (nSPS) is 19.2. The minimum Gasteiger partial charge on any atom is -0.481 e. The monoisotopic (exact) mass is 368 g/mol. The number of aryl methyl sites for hydroxylation is 1. The Morgan fingerprint density at radius 2 is 1.81 bits per heavy atom. The third-order valence-electron chi connectivity index (χ3n) is 5.30. The van der Waals surface area contributed by atoms with Gasteiger partial charge < -0.3 is 5.11 Å². The summed E-state index contributed by atoms with van der Waals surface area (Å²) in [5.41, 5.74) is 1.40. The van der Waals surface area contributed by atoms with E-state index >= 15 is 0 Å². The van der Waals surface area contributed by atoms with Crippen molar-refractivity contribution in [3.05, 3.63) is 60.2 Å². The first-order valence-electron chi connectivity index (χ1n) is 10.3. The lowest BCUT2D eigenvalue weighted by atomic mass is 9.87. The van der Waals surface area contributed by atoms with Gasteiger partial charge >= 0.3 is 5.97 Å². The van der Waals surface area contributed by atoms with E-state index in [9.17, 15) is 9.59 Å². The molecule has 0 aliphatic heterocycles. The first kappa shape index (κ1) is 21.1. The Balaban J connectivity index is 1.60. The van der Waals surface area contributed by atoms with Gasteiger partial charge in [0, 0.05) is 12.3 Å². The van der Waals surface area contributed by atoms with Crippen molar-refractivity contribution in [2.24, 2.45) is 11.8 Å². The summed E-state index contributed by atoms with van der Waals surface area (Å²) in [6.07, 6.45) is 17.4. The van der Waals surface area contributed by atoms with Crippen LogP contribution >= 0.6 is 0 Å². The third kappa shape index (κ3) is 8.38. The van der Waals surface area contributed by atoms with E-state index in [-0.39, 0.29) is 18.1 Å². The zero-order chi connectivity index (χ0) is 19.3. The number of benzene rings is 1. The number of hydrogen-bond acceptors (Lipinski definition) is 2. The highest BCUT2D eigenvalue weighted by Crippen LogP contribution is 2.30. The maximum Gasteiger partial charge on any atom is 0.303 e. The van der Waals surface area contributed by atoms with Gasteiger partial charge in [-0.05, 0) is 62.5 Å². The molecule has 1 aliphatic carbocycles. The summed E-state index contributed by atoms with van der Waals surface area (Å²) in [6.45, 7) is 0. The number of allylic oxidation sites excluding steroid dienone is 4. The molecule has 1 aliphatic rings. The van der Waals surface area contributed by atoms with Crippen LogP contribution in [0.15, 0.2) is 54.6 Å². The molecule has 0 fully saturated rings. The van der Waals surface area contributed by atoms with Crippen LogP contribution in [0.4, 0.5) is 0 Å². The van der Waals surface area contributed by atoms with Gasteiger partial charge in [0.05, 0.1) is 0 Å². The largest absolute Gasteiger partial charge is 0.481 e. The van der Waals surface area contributed by atoms with Gasteiger partial charge in [0.25, 0.3) is 0 Å². The summed E-state index contributed by atoms with van der Waals surface area (Å²) in [7, 11) is 0. The Labute approximate surface area is 163 Å². The van der Waals surface area contributed by atoms with Crippen LogP contribution in [0.25, 0.3) is 0 Å². The van der Waals surface area contributed by atoms with Crippen LogP contribution < -0.4 is 0 Å². The van der Waals surface area contributed by atoms with Gasteiger partial charge in [-0.15, -0.1) is 0 Å². The van der Waals surface area contributed by atoms with Crippen LogP contribution in [0.1, 0.15) is 63.4 Å². The lowest BCUT2D eigenvalue weighted by Gasteiger charge is -2.16. The number of hydrogen-bond donors (Lipinski definition) is 1. The molecule has 0 amide bonds. The van der Waals surface area contributed by atoms with E-state index in [1.807, 2.05) is 0 Å². The SMILES string of the molecule is O=C(O)CCCC/C=C\C[C@H]1C(=O)C=CC1CCCCCc1ccccc1. The highest BCUT2D eigenvalue weighted by Gasteiger charge is 2.28. The second kappa shape index (κ2) is 12.3. The smallest absolute Gasteiger partial charge is 0.303 e. The average molecular weight is 369 g/mol. The topological polar surface area (TPSA) is 54.4 Å². The predicted octanol–water partition coefficient (Wildman–Crippen LogP) is 5.75. The van der Waals surface area contributed by atoms with Crippen LogP contribution in [0, 0.1) is 11.8 Å². The first-order valence-corrected chi connectivity index (χ1v) is 10.3. The average Bonchev–Trinajstić information content (AvgIpc) is 3.01. The fraction of sp³-hybridized carbons (Fsp3) is 0.500. The molecule has 1 unspecified atom stereocenters. The molecule has 2 atom stereocenters. The lowest BCUT2D eigenvalue weighted by molar-refractivity contribution is -0.137. The van der Waals surface area contributed by atoms with Crippen molar-refractivity contribution >= 4 is 11.8 Å². The number of unbranched alkanes of at least 4 members (excludes halogenated alkanes) is 4. The number of aliphatic carboxylic acids is 1. The van der Waals surface area contributed by atoms with Crippen LogP contribution in [-0.4, -0.2) is 16.9 Å². The maximum atomic E-state index is 12.1. The Morgan fingerprint density at radius 1 is 1.00 bits per heavy atom. The molecule has 1 aromatic carbocycles. The van der Waals surface area contributed by atoms with E-state index in [4.69, 9.17) is 5.11 Å². The fourth-order valence-corrected chi connectivity index (χ4v) is 3.71. The standard InChI is InChI=1S/C24H32O3/c25-23-19-18-21(15-9-5-8-14-20-12-6-4-7-13-20)22(23)16-10-2-1-3-11-17-24(26)27/h2,4,6-7,10,12-13,18-19,21-22H,1,3,5,8-9,11,14-17H2,(H,26,27)/b10-2-/t21?,22-/m1/s1. The van der Waals surface area contributed by atoms with E-state index in [1.165, 1.54) is 24.8 Å². The first-order chi connectivity index (χ1) is 13.2. The molecule has 1 aromatic rings. The zero-order valence-corrected chi connectivity index (χ0v) is 16.2. The quantitative estimate of drug-likeness (QED) is 0.356. The van der Waals surface area contributed by atoms with Crippen molar-refractivity contribution in [3.63, 3.8) is 0 Å². The van der Waals surface area contributed by atoms with Crippen molar-refractivity contribution in [2.45, 2.75) is 64.2 Å². The Hall–Kier alpha value is -2.16. The second-order valence-corrected chi connectivity index (χ2v) is 7.46. The molecular formula is C24H32O3. The number of rotatable bonds is 13. The summed E-state index contributed by atoms with van der Waals surface area (Å²) in [6, 6.07) is 10.6. The van der Waals surface area contributed by atoms with Gasteiger partial charge in [0.2, 0.25) is 0 Å². The predicted molar refractivity (Wildman–Crippen MR) is 110 cm³/mol. The zero-order valence-electron chi connectivity index (χ0n) is 16.2. The van der Waals surface area contributed by atoms with Crippen molar-refractivity contribution in [2.75, 3.05) is 0 Å². The molecule has 0 aromatic heterocycles. The molecule has 0 heterocycles. The molecule has 146 valence electrons. The highest BCUT2D eigenvalue weighted by atomic mass is 16.4. The molecule has 1 N–H and O–H groups in total. The number of carbonyl (C=O) groups excluding carboxylic acids is 1. The van der Waals surface area contributed by atoms with E-state index in [2.05, 4.69) is 48.6 Å². The molecule has 0 bridgehead atoms. The fourth-order valence-electron chi connectivity index (χ4n) is 3.71. The molecule has 2 rings (SSSR count). The molecule has 0 saturated carbocycles. The lowest BCUT2D eigenvalue weighted by Crippen LogP contribution is -2.15.